The zero-order chi connectivity index (χ0) is 16.2. The summed E-state index contributed by atoms with van der Waals surface area (Å²) < 4.78 is 18.3. The number of rotatable bonds is 6. The fourth-order valence-corrected chi connectivity index (χ4v) is 2.53. The van der Waals surface area contributed by atoms with Gasteiger partial charge >= 0.3 is 5.97 Å². The third-order valence-electron chi connectivity index (χ3n) is 3.61. The smallest absolute Gasteiger partial charge is 0.305 e. The van der Waals surface area contributed by atoms with Crippen LogP contribution in [0.5, 0.6) is 0 Å². The number of carbonyl (C=O) groups excluding carboxylic acids is 1. The van der Waals surface area contributed by atoms with Gasteiger partial charge in [-0.05, 0) is 24.1 Å². The molecular formula is C15H18FNO5. The van der Waals surface area contributed by atoms with Gasteiger partial charge in [0, 0.05) is 6.61 Å². The van der Waals surface area contributed by atoms with Crippen LogP contribution < -0.4 is 5.32 Å². The zero-order valence-electron chi connectivity index (χ0n) is 11.9. The monoisotopic (exact) mass is 311 g/mol. The Hall–Kier alpha value is -1.99. The van der Waals surface area contributed by atoms with E-state index in [4.69, 9.17) is 9.84 Å². The van der Waals surface area contributed by atoms with Gasteiger partial charge in [-0.1, -0.05) is 12.1 Å². The Balaban J connectivity index is 1.97. The van der Waals surface area contributed by atoms with Crippen molar-refractivity contribution < 1.29 is 28.9 Å². The summed E-state index contributed by atoms with van der Waals surface area (Å²) in [6, 6.07) is 5.37. The maximum atomic E-state index is 13.1. The van der Waals surface area contributed by atoms with E-state index in [2.05, 4.69) is 5.32 Å². The van der Waals surface area contributed by atoms with E-state index < -0.39 is 29.3 Å². The molecule has 6 nitrogen and oxygen atoms in total. The Labute approximate surface area is 126 Å². The van der Waals surface area contributed by atoms with Crippen molar-refractivity contribution >= 4 is 11.9 Å². The van der Waals surface area contributed by atoms with E-state index in [0.717, 1.165) is 6.07 Å². The first-order valence-electron chi connectivity index (χ1n) is 6.94. The molecule has 0 bridgehead atoms. The highest BCUT2D eigenvalue weighted by molar-refractivity contribution is 5.79. The van der Waals surface area contributed by atoms with Crippen molar-refractivity contribution in [2.24, 2.45) is 0 Å². The predicted octanol–water partition coefficient (Wildman–Crippen LogP) is 0.999. The zero-order valence-corrected chi connectivity index (χ0v) is 11.9. The second-order valence-corrected chi connectivity index (χ2v) is 5.48. The molecule has 0 spiro atoms. The van der Waals surface area contributed by atoms with E-state index in [-0.39, 0.29) is 19.4 Å². The van der Waals surface area contributed by atoms with Crippen molar-refractivity contribution in [1.82, 2.24) is 5.32 Å². The molecule has 0 aliphatic carbocycles. The number of carbonyl (C=O) groups is 2. The molecular weight excluding hydrogens is 293 g/mol. The van der Waals surface area contributed by atoms with Crippen molar-refractivity contribution in [3.63, 3.8) is 0 Å². The van der Waals surface area contributed by atoms with Gasteiger partial charge in [0.25, 0.3) is 0 Å². The Morgan fingerprint density at radius 1 is 1.45 bits per heavy atom. The van der Waals surface area contributed by atoms with Gasteiger partial charge in [0.1, 0.15) is 5.82 Å². The number of carboxylic acids is 1. The van der Waals surface area contributed by atoms with Gasteiger partial charge < -0.3 is 20.3 Å². The highest BCUT2D eigenvalue weighted by Gasteiger charge is 2.38. The second-order valence-electron chi connectivity index (χ2n) is 5.48. The summed E-state index contributed by atoms with van der Waals surface area (Å²) in [4.78, 5) is 23.0. The number of hydrogen-bond acceptors (Lipinski definition) is 4. The molecule has 0 radical (unpaired) electrons. The third kappa shape index (κ3) is 4.25. The molecule has 1 fully saturated rings. The molecule has 2 rings (SSSR count). The van der Waals surface area contributed by atoms with Crippen LogP contribution in [0.15, 0.2) is 24.3 Å². The summed E-state index contributed by atoms with van der Waals surface area (Å²) in [7, 11) is 0. The number of carboxylic acid groups (broad SMARTS) is 1. The summed E-state index contributed by atoms with van der Waals surface area (Å²) in [5.41, 5.74) is -0.644. The molecule has 2 unspecified atom stereocenters. The molecule has 3 N–H and O–H groups in total. The molecule has 2 atom stereocenters. The molecule has 1 amide bonds. The number of aliphatic carboxylic acids is 1. The number of benzene rings is 1. The lowest BCUT2D eigenvalue weighted by Gasteiger charge is -2.27. The molecule has 0 saturated carbocycles. The van der Waals surface area contributed by atoms with Crippen molar-refractivity contribution in [2.75, 3.05) is 13.2 Å². The normalized spacial score (nSPS) is 22.3. The maximum Gasteiger partial charge on any atom is 0.305 e. The Bertz CT molecular complexity index is 557. The van der Waals surface area contributed by atoms with Gasteiger partial charge in [-0.3, -0.25) is 9.59 Å². The molecule has 1 heterocycles. The average Bonchev–Trinajstić information content (AvgIpc) is 2.85. The van der Waals surface area contributed by atoms with Gasteiger partial charge in [0.2, 0.25) is 5.91 Å². The summed E-state index contributed by atoms with van der Waals surface area (Å²) >= 11 is 0. The molecule has 1 saturated heterocycles. The first-order valence-corrected chi connectivity index (χ1v) is 6.94. The Morgan fingerprint density at radius 3 is 2.82 bits per heavy atom. The van der Waals surface area contributed by atoms with Crippen LogP contribution in [0, 0.1) is 5.82 Å². The van der Waals surface area contributed by atoms with Crippen LogP contribution in [-0.4, -0.2) is 40.8 Å². The van der Waals surface area contributed by atoms with Gasteiger partial charge in [-0.25, -0.2) is 4.39 Å². The molecule has 1 aromatic carbocycles. The van der Waals surface area contributed by atoms with E-state index in [1.807, 2.05) is 0 Å². The minimum atomic E-state index is -1.15. The minimum absolute atomic E-state index is 0.126. The highest BCUT2D eigenvalue weighted by Crippen LogP contribution is 2.24. The van der Waals surface area contributed by atoms with Gasteiger partial charge in [-0.2, -0.15) is 0 Å². The second kappa shape index (κ2) is 6.85. The molecule has 22 heavy (non-hydrogen) atoms. The lowest BCUT2D eigenvalue weighted by Crippen LogP contribution is -2.50. The van der Waals surface area contributed by atoms with E-state index in [1.165, 1.54) is 18.2 Å². The summed E-state index contributed by atoms with van der Waals surface area (Å²) in [5.74, 6) is -2.02. The number of aliphatic hydroxyl groups excluding tert-OH is 1. The summed E-state index contributed by atoms with van der Waals surface area (Å²) in [5, 5.41) is 21.6. The molecule has 1 aromatic rings. The molecule has 120 valence electrons. The van der Waals surface area contributed by atoms with Crippen LogP contribution in [0.1, 0.15) is 30.9 Å². The van der Waals surface area contributed by atoms with Crippen LogP contribution in [0.3, 0.4) is 0 Å². The van der Waals surface area contributed by atoms with Crippen LogP contribution in [-0.2, 0) is 14.3 Å². The Kier molecular flexibility index (Phi) is 5.10. The molecule has 1 aliphatic heterocycles. The standard InChI is InChI=1S/C15H18FNO5/c16-11-3-1-2-10(6-11)12(18)7-13(19)17-15(8-14(20)21)4-5-22-9-15/h1-3,6,12,18H,4-5,7-9H2,(H,17,19)(H,20,21). The summed E-state index contributed by atoms with van der Waals surface area (Å²) in [6.45, 7) is 0.501. The topological polar surface area (TPSA) is 95.9 Å². The van der Waals surface area contributed by atoms with Crippen molar-refractivity contribution in [2.45, 2.75) is 30.9 Å². The SMILES string of the molecule is O=C(O)CC1(NC(=O)CC(O)c2cccc(F)c2)CCOC1. The largest absolute Gasteiger partial charge is 0.481 e. The lowest BCUT2D eigenvalue weighted by molar-refractivity contribution is -0.139. The first-order chi connectivity index (χ1) is 10.4. The number of aliphatic hydroxyl groups is 1. The quantitative estimate of drug-likeness (QED) is 0.728. The minimum Gasteiger partial charge on any atom is -0.481 e. The Morgan fingerprint density at radius 2 is 2.23 bits per heavy atom. The van der Waals surface area contributed by atoms with Gasteiger partial charge in [0.15, 0.2) is 0 Å². The molecule has 7 heteroatoms. The van der Waals surface area contributed by atoms with E-state index >= 15 is 0 Å². The van der Waals surface area contributed by atoms with E-state index in [0.29, 0.717) is 18.6 Å². The van der Waals surface area contributed by atoms with Crippen LogP contribution in [0.4, 0.5) is 4.39 Å². The predicted molar refractivity (Wildman–Crippen MR) is 74.5 cm³/mol. The number of halogens is 1. The third-order valence-corrected chi connectivity index (χ3v) is 3.61. The number of hydrogen-bond donors (Lipinski definition) is 3. The summed E-state index contributed by atoms with van der Waals surface area (Å²) in [6.07, 6.45) is -1.26. The molecule has 1 aliphatic rings. The number of nitrogens with one attached hydrogen (secondary N) is 1. The van der Waals surface area contributed by atoms with Crippen LogP contribution >= 0.6 is 0 Å². The number of ether oxygens (including phenoxy) is 1. The van der Waals surface area contributed by atoms with Crippen molar-refractivity contribution in [3.05, 3.63) is 35.6 Å². The lowest BCUT2D eigenvalue weighted by atomic mass is 9.93. The van der Waals surface area contributed by atoms with Crippen LogP contribution in [0.2, 0.25) is 0 Å². The molecule has 0 aromatic heterocycles. The first kappa shape index (κ1) is 16.4. The van der Waals surface area contributed by atoms with Crippen molar-refractivity contribution in [1.29, 1.82) is 0 Å². The van der Waals surface area contributed by atoms with Gasteiger partial charge in [-0.15, -0.1) is 0 Å². The number of amides is 1. The highest BCUT2D eigenvalue weighted by atomic mass is 19.1. The maximum absolute atomic E-state index is 13.1. The fourth-order valence-electron chi connectivity index (χ4n) is 2.53. The average molecular weight is 311 g/mol. The van der Waals surface area contributed by atoms with Crippen LogP contribution in [0.25, 0.3) is 0 Å². The van der Waals surface area contributed by atoms with E-state index in [1.54, 1.807) is 0 Å². The fraction of sp³-hybridized carbons (Fsp3) is 0.467. The van der Waals surface area contributed by atoms with Gasteiger partial charge in [0.05, 0.1) is 31.1 Å². The van der Waals surface area contributed by atoms with E-state index in [9.17, 15) is 19.1 Å². The van der Waals surface area contributed by atoms with Crippen molar-refractivity contribution in [3.8, 4) is 0 Å².